The van der Waals surface area contributed by atoms with Crippen molar-refractivity contribution >= 4 is 56.7 Å². The van der Waals surface area contributed by atoms with E-state index in [1.165, 1.54) is 34.8 Å². The largest absolute Gasteiger partial charge is 0.496 e. The van der Waals surface area contributed by atoms with Crippen LogP contribution in [0.15, 0.2) is 112 Å². The maximum absolute atomic E-state index is 14.3. The number of esters is 1. The lowest BCUT2D eigenvalue weighted by molar-refractivity contribution is -0.136. The lowest BCUT2D eigenvalue weighted by Gasteiger charge is -2.25. The van der Waals surface area contributed by atoms with E-state index in [1.807, 2.05) is 24.3 Å². The second kappa shape index (κ2) is 11.5. The Balaban J connectivity index is 1.41. The number of fused-ring (bicyclic) bond motifs is 3. The molecule has 0 amide bonds. The minimum Gasteiger partial charge on any atom is -0.496 e. The van der Waals surface area contributed by atoms with E-state index in [9.17, 15) is 9.59 Å². The van der Waals surface area contributed by atoms with Gasteiger partial charge in [0, 0.05) is 39.8 Å². The first-order valence-corrected chi connectivity index (χ1v) is 15.6. The molecular weight excluding hydrogens is 606 g/mol. The van der Waals surface area contributed by atoms with Crippen LogP contribution in [0.5, 0.6) is 5.75 Å². The number of carbonyl (C=O) groups is 1. The van der Waals surface area contributed by atoms with Gasteiger partial charge in [0.25, 0.3) is 5.56 Å². The van der Waals surface area contributed by atoms with Gasteiger partial charge in [0.15, 0.2) is 4.80 Å². The smallest absolute Gasteiger partial charge is 0.338 e. The van der Waals surface area contributed by atoms with Gasteiger partial charge in [-0.25, -0.2) is 9.79 Å². The third-order valence-electron chi connectivity index (χ3n) is 8.24. The predicted molar refractivity (Wildman–Crippen MR) is 179 cm³/mol. The van der Waals surface area contributed by atoms with Crippen LogP contribution in [0.2, 0.25) is 5.02 Å². The fourth-order valence-corrected chi connectivity index (χ4v) is 7.40. The molecular formula is C36H28ClN3O4S. The number of rotatable bonds is 6. The monoisotopic (exact) mass is 633 g/mol. The van der Waals surface area contributed by atoms with Crippen LogP contribution in [0.3, 0.4) is 0 Å². The van der Waals surface area contributed by atoms with E-state index < -0.39 is 12.0 Å². The summed E-state index contributed by atoms with van der Waals surface area (Å²) >= 11 is 7.69. The van der Waals surface area contributed by atoms with Crippen molar-refractivity contribution in [1.29, 1.82) is 0 Å². The van der Waals surface area contributed by atoms with Crippen molar-refractivity contribution in [1.82, 2.24) is 9.13 Å². The Hall–Kier alpha value is -4.92. The molecule has 0 bridgehead atoms. The van der Waals surface area contributed by atoms with Gasteiger partial charge in [0.2, 0.25) is 0 Å². The van der Waals surface area contributed by atoms with Crippen LogP contribution in [0.4, 0.5) is 0 Å². The summed E-state index contributed by atoms with van der Waals surface area (Å²) in [7, 11) is 2.85. The number of benzene rings is 4. The van der Waals surface area contributed by atoms with E-state index in [4.69, 9.17) is 21.1 Å². The summed E-state index contributed by atoms with van der Waals surface area (Å²) in [6.07, 6.45) is 4.00. The molecule has 1 aliphatic rings. The van der Waals surface area contributed by atoms with Crippen LogP contribution in [-0.2, 0) is 16.1 Å². The molecule has 1 aliphatic heterocycles. The molecule has 0 radical (unpaired) electrons. The maximum atomic E-state index is 14.3. The summed E-state index contributed by atoms with van der Waals surface area (Å²) in [6.45, 7) is 2.42. The normalized spacial score (nSPS) is 14.9. The first kappa shape index (κ1) is 28.8. The Labute approximate surface area is 267 Å². The number of hydrogen-bond acceptors (Lipinski definition) is 6. The zero-order chi connectivity index (χ0) is 31.2. The van der Waals surface area contributed by atoms with Crippen molar-refractivity contribution in [2.45, 2.75) is 19.5 Å². The molecule has 7 nitrogen and oxygen atoms in total. The van der Waals surface area contributed by atoms with Gasteiger partial charge in [-0.3, -0.25) is 9.36 Å². The van der Waals surface area contributed by atoms with E-state index in [0.717, 1.165) is 16.5 Å². The van der Waals surface area contributed by atoms with E-state index in [0.29, 0.717) is 37.9 Å². The molecule has 7 rings (SSSR count). The molecule has 9 heteroatoms. The number of carbonyl (C=O) groups excluding carboxylic acids is 1. The second-order valence-electron chi connectivity index (χ2n) is 10.8. The molecule has 3 heterocycles. The molecule has 224 valence electrons. The number of halogens is 1. The summed E-state index contributed by atoms with van der Waals surface area (Å²) in [6, 6.07) is 27.2. The highest BCUT2D eigenvalue weighted by molar-refractivity contribution is 7.07. The van der Waals surface area contributed by atoms with Crippen LogP contribution in [0.25, 0.3) is 27.8 Å². The van der Waals surface area contributed by atoms with E-state index >= 15 is 0 Å². The third-order valence-corrected chi connectivity index (χ3v) is 9.46. The van der Waals surface area contributed by atoms with Crippen molar-refractivity contribution in [3.63, 3.8) is 0 Å². The quantitative estimate of drug-likeness (QED) is 0.204. The van der Waals surface area contributed by atoms with Crippen molar-refractivity contribution in [2.24, 2.45) is 4.99 Å². The third kappa shape index (κ3) is 4.96. The molecule has 4 aromatic carbocycles. The molecule has 0 unspecified atom stereocenters. The summed E-state index contributed by atoms with van der Waals surface area (Å²) in [5.41, 5.74) is 4.20. The van der Waals surface area contributed by atoms with Gasteiger partial charge in [-0.1, -0.05) is 83.6 Å². The Morgan fingerprint density at radius 3 is 2.56 bits per heavy atom. The lowest BCUT2D eigenvalue weighted by atomic mass is 9.95. The van der Waals surface area contributed by atoms with Crippen molar-refractivity contribution in [2.75, 3.05) is 14.2 Å². The van der Waals surface area contributed by atoms with Gasteiger partial charge in [-0.2, -0.15) is 0 Å². The second-order valence-corrected chi connectivity index (χ2v) is 12.3. The minimum absolute atomic E-state index is 0.253. The molecule has 0 saturated carbocycles. The fourth-order valence-electron chi connectivity index (χ4n) is 6.18. The number of allylic oxidation sites excluding steroid dienone is 1. The summed E-state index contributed by atoms with van der Waals surface area (Å²) in [5.74, 6) is -0.0827. The molecule has 1 atom stereocenters. The lowest BCUT2D eigenvalue weighted by Crippen LogP contribution is -2.40. The topological polar surface area (TPSA) is 74.8 Å². The molecule has 0 spiro atoms. The SMILES string of the molecule is COC(=O)C1=C(C)N=c2s/c(=C\c3cn(Cc4cccc5ccccc45)c4ccccc34)c(=O)n2[C@H]1c1cc(Cl)ccc1OC. The molecule has 6 aromatic rings. The van der Waals surface area contributed by atoms with Gasteiger partial charge >= 0.3 is 5.97 Å². The Morgan fingerprint density at radius 2 is 1.76 bits per heavy atom. The van der Waals surface area contributed by atoms with Crippen molar-refractivity contribution in [3.8, 4) is 5.75 Å². The van der Waals surface area contributed by atoms with E-state index in [-0.39, 0.29) is 11.1 Å². The molecule has 2 aromatic heterocycles. The van der Waals surface area contributed by atoms with Crippen molar-refractivity contribution in [3.05, 3.63) is 144 Å². The van der Waals surface area contributed by atoms with Gasteiger partial charge in [-0.05, 0) is 53.6 Å². The number of thiazole rings is 1. The van der Waals surface area contributed by atoms with E-state index in [1.54, 1.807) is 36.8 Å². The van der Waals surface area contributed by atoms with Gasteiger partial charge in [0.05, 0.1) is 30.0 Å². The predicted octanol–water partition coefficient (Wildman–Crippen LogP) is 6.23. The van der Waals surface area contributed by atoms with E-state index in [2.05, 4.69) is 64.3 Å². The number of nitrogens with zero attached hydrogens (tertiary/aromatic N) is 3. The zero-order valence-electron chi connectivity index (χ0n) is 24.8. The standard InChI is InChI=1S/C36H28ClN3O4S/c1-21-32(35(42)44-3)33(28-18-25(37)15-16-30(28)43-2)40-34(41)31(45-36(40)38-21)17-24-20-39(29-14-7-6-13-27(24)29)19-23-11-8-10-22-9-4-5-12-26(22)23/h4-18,20,33H,19H2,1-3H3/b31-17-/t33-/m0/s1. The van der Waals surface area contributed by atoms with Crippen LogP contribution in [0, 0.1) is 0 Å². The molecule has 0 aliphatic carbocycles. The summed E-state index contributed by atoms with van der Waals surface area (Å²) in [4.78, 5) is 32.5. The van der Waals surface area contributed by atoms with Gasteiger partial charge < -0.3 is 14.0 Å². The van der Waals surface area contributed by atoms with Crippen LogP contribution < -0.4 is 19.6 Å². The Kier molecular flexibility index (Phi) is 7.39. The van der Waals surface area contributed by atoms with Crippen LogP contribution in [0.1, 0.15) is 29.7 Å². The number of hydrogen-bond donors (Lipinski definition) is 0. The maximum Gasteiger partial charge on any atom is 0.338 e. The van der Waals surface area contributed by atoms with Gasteiger partial charge in [0.1, 0.15) is 11.8 Å². The average Bonchev–Trinajstić information content (AvgIpc) is 3.56. The van der Waals surface area contributed by atoms with Crippen LogP contribution >= 0.6 is 22.9 Å². The molecule has 0 N–H and O–H groups in total. The summed E-state index contributed by atoms with van der Waals surface area (Å²) < 4.78 is 15.0. The number of methoxy groups -OCH3 is 2. The molecule has 45 heavy (non-hydrogen) atoms. The fraction of sp³-hybridized carbons (Fsp3) is 0.139. The first-order valence-electron chi connectivity index (χ1n) is 14.4. The number of para-hydroxylation sites is 1. The number of aromatic nitrogens is 2. The highest BCUT2D eigenvalue weighted by Gasteiger charge is 2.35. The highest BCUT2D eigenvalue weighted by Crippen LogP contribution is 2.37. The molecule has 0 fully saturated rings. The first-order chi connectivity index (χ1) is 21.9. The average molecular weight is 634 g/mol. The summed E-state index contributed by atoms with van der Waals surface area (Å²) in [5, 5.41) is 3.88. The Bertz CT molecular complexity index is 2360. The Morgan fingerprint density at radius 1 is 1.00 bits per heavy atom. The highest BCUT2D eigenvalue weighted by atomic mass is 35.5. The molecule has 0 saturated heterocycles. The zero-order valence-corrected chi connectivity index (χ0v) is 26.4. The van der Waals surface area contributed by atoms with Gasteiger partial charge in [-0.15, -0.1) is 0 Å². The minimum atomic E-state index is -0.836. The number of ether oxygens (including phenoxy) is 2. The van der Waals surface area contributed by atoms with Crippen LogP contribution in [-0.4, -0.2) is 29.3 Å². The van der Waals surface area contributed by atoms with Crippen molar-refractivity contribution < 1.29 is 14.3 Å².